The van der Waals surface area contributed by atoms with Crippen LogP contribution in [-0.4, -0.2) is 51.7 Å². The molecule has 118 valence electrons. The highest BCUT2D eigenvalue weighted by Gasteiger charge is 2.27. The van der Waals surface area contributed by atoms with Crippen molar-refractivity contribution < 1.29 is 4.79 Å². The van der Waals surface area contributed by atoms with Crippen LogP contribution in [0.5, 0.6) is 0 Å². The van der Waals surface area contributed by atoms with Crippen molar-refractivity contribution in [3.63, 3.8) is 0 Å². The van der Waals surface area contributed by atoms with Gasteiger partial charge in [-0.05, 0) is 40.2 Å². The predicted molar refractivity (Wildman–Crippen MR) is 83.8 cm³/mol. The number of carbonyl (C=O) groups is 1. The lowest BCUT2D eigenvalue weighted by Gasteiger charge is -2.37. The van der Waals surface area contributed by atoms with Gasteiger partial charge in [-0.15, -0.1) is 0 Å². The van der Waals surface area contributed by atoms with Gasteiger partial charge in [0.25, 0.3) is 0 Å². The summed E-state index contributed by atoms with van der Waals surface area (Å²) in [4.78, 5) is 16.3. The fourth-order valence-corrected chi connectivity index (χ4v) is 3.07. The SMILES string of the molecule is CCn1cc(CN(C)CC2CCC(=O)N(C(C)C)C2)cn1. The van der Waals surface area contributed by atoms with Gasteiger partial charge in [-0.1, -0.05) is 0 Å². The summed E-state index contributed by atoms with van der Waals surface area (Å²) in [6.45, 7) is 10.1. The maximum atomic E-state index is 11.9. The topological polar surface area (TPSA) is 41.4 Å². The molecule has 1 aromatic heterocycles. The Labute approximate surface area is 127 Å². The van der Waals surface area contributed by atoms with E-state index >= 15 is 0 Å². The van der Waals surface area contributed by atoms with E-state index in [-0.39, 0.29) is 0 Å². The van der Waals surface area contributed by atoms with Crippen LogP contribution in [0.15, 0.2) is 12.4 Å². The molecule has 5 heteroatoms. The summed E-state index contributed by atoms with van der Waals surface area (Å²) >= 11 is 0. The number of amides is 1. The second kappa shape index (κ2) is 7.07. The Morgan fingerprint density at radius 1 is 1.48 bits per heavy atom. The first kappa shape index (κ1) is 16.0. The van der Waals surface area contributed by atoms with Gasteiger partial charge in [0, 0.05) is 50.4 Å². The zero-order valence-corrected chi connectivity index (χ0v) is 13.7. The third-order valence-electron chi connectivity index (χ3n) is 4.20. The Bertz CT molecular complexity index is 469. The van der Waals surface area contributed by atoms with Gasteiger partial charge in [0.15, 0.2) is 0 Å². The Balaban J connectivity index is 1.84. The normalized spacial score (nSPS) is 19.8. The minimum absolute atomic E-state index is 0.313. The van der Waals surface area contributed by atoms with Crippen LogP contribution < -0.4 is 0 Å². The number of hydrogen-bond acceptors (Lipinski definition) is 3. The number of aromatic nitrogens is 2. The molecular weight excluding hydrogens is 264 g/mol. The van der Waals surface area contributed by atoms with E-state index < -0.39 is 0 Å². The lowest BCUT2D eigenvalue weighted by Crippen LogP contribution is -2.46. The van der Waals surface area contributed by atoms with Crippen LogP contribution >= 0.6 is 0 Å². The van der Waals surface area contributed by atoms with Crippen molar-refractivity contribution in [1.29, 1.82) is 0 Å². The second-order valence-corrected chi connectivity index (χ2v) is 6.45. The molecule has 1 fully saturated rings. The average molecular weight is 292 g/mol. The van der Waals surface area contributed by atoms with E-state index in [9.17, 15) is 4.79 Å². The number of aryl methyl sites for hydroxylation is 1. The van der Waals surface area contributed by atoms with Gasteiger partial charge in [0.05, 0.1) is 6.20 Å². The Morgan fingerprint density at radius 3 is 2.86 bits per heavy atom. The van der Waals surface area contributed by atoms with Crippen molar-refractivity contribution >= 4 is 5.91 Å². The Morgan fingerprint density at radius 2 is 2.24 bits per heavy atom. The first-order chi connectivity index (χ1) is 9.99. The summed E-state index contributed by atoms with van der Waals surface area (Å²) in [7, 11) is 2.15. The Hall–Kier alpha value is -1.36. The molecule has 0 radical (unpaired) electrons. The number of carbonyl (C=O) groups excluding carboxylic acids is 1. The smallest absolute Gasteiger partial charge is 0.222 e. The molecule has 5 nitrogen and oxygen atoms in total. The molecule has 0 aliphatic carbocycles. The highest BCUT2D eigenvalue weighted by molar-refractivity contribution is 5.77. The van der Waals surface area contributed by atoms with Crippen molar-refractivity contribution in [2.45, 2.75) is 52.7 Å². The molecule has 1 aliphatic heterocycles. The molecule has 0 saturated carbocycles. The van der Waals surface area contributed by atoms with E-state index in [0.29, 0.717) is 24.3 Å². The number of nitrogens with zero attached hydrogens (tertiary/aromatic N) is 4. The standard InChI is InChI=1S/C16H28N4O/c1-5-19-11-15(8-17-19)10-18(4)9-14-6-7-16(21)20(12-14)13(2)3/h8,11,13-14H,5-7,9-10,12H2,1-4H3. The molecule has 1 aliphatic rings. The summed E-state index contributed by atoms with van der Waals surface area (Å²) in [5.74, 6) is 0.893. The molecule has 1 aromatic rings. The first-order valence-electron chi connectivity index (χ1n) is 7.99. The van der Waals surface area contributed by atoms with E-state index in [1.54, 1.807) is 0 Å². The summed E-state index contributed by atoms with van der Waals surface area (Å²) in [6, 6.07) is 0.313. The number of piperidine rings is 1. The van der Waals surface area contributed by atoms with Gasteiger partial charge in [0.2, 0.25) is 5.91 Å². The fraction of sp³-hybridized carbons (Fsp3) is 0.750. The van der Waals surface area contributed by atoms with Crippen LogP contribution in [0.4, 0.5) is 0 Å². The van der Waals surface area contributed by atoms with E-state index in [2.05, 4.69) is 44.0 Å². The molecule has 1 unspecified atom stereocenters. The van der Waals surface area contributed by atoms with Gasteiger partial charge in [-0.25, -0.2) is 0 Å². The van der Waals surface area contributed by atoms with Crippen molar-refractivity contribution in [1.82, 2.24) is 19.6 Å². The van der Waals surface area contributed by atoms with Crippen LogP contribution in [0.1, 0.15) is 39.2 Å². The molecule has 0 N–H and O–H groups in total. The van der Waals surface area contributed by atoms with E-state index in [1.807, 2.05) is 15.8 Å². The van der Waals surface area contributed by atoms with Gasteiger partial charge >= 0.3 is 0 Å². The molecule has 1 atom stereocenters. The highest BCUT2D eigenvalue weighted by Crippen LogP contribution is 2.20. The molecule has 21 heavy (non-hydrogen) atoms. The molecule has 2 rings (SSSR count). The summed E-state index contributed by atoms with van der Waals surface area (Å²) in [6.07, 6.45) is 5.78. The third-order valence-corrected chi connectivity index (χ3v) is 4.20. The van der Waals surface area contributed by atoms with Crippen LogP contribution in [0.25, 0.3) is 0 Å². The van der Waals surface area contributed by atoms with Gasteiger partial charge in [0.1, 0.15) is 0 Å². The van der Waals surface area contributed by atoms with Gasteiger partial charge < -0.3 is 9.80 Å². The summed E-state index contributed by atoms with van der Waals surface area (Å²) in [5.41, 5.74) is 1.26. The maximum absolute atomic E-state index is 11.9. The largest absolute Gasteiger partial charge is 0.340 e. The second-order valence-electron chi connectivity index (χ2n) is 6.45. The summed E-state index contributed by atoms with van der Waals surface area (Å²) < 4.78 is 1.96. The van der Waals surface area contributed by atoms with Gasteiger partial charge in [-0.3, -0.25) is 9.48 Å². The minimum Gasteiger partial charge on any atom is -0.340 e. The van der Waals surface area contributed by atoms with Crippen LogP contribution in [0.3, 0.4) is 0 Å². The molecule has 0 aromatic carbocycles. The zero-order chi connectivity index (χ0) is 15.4. The molecule has 1 saturated heterocycles. The fourth-order valence-electron chi connectivity index (χ4n) is 3.07. The average Bonchev–Trinajstić information content (AvgIpc) is 2.88. The van der Waals surface area contributed by atoms with Crippen LogP contribution in [0.2, 0.25) is 0 Å². The quantitative estimate of drug-likeness (QED) is 0.805. The van der Waals surface area contributed by atoms with E-state index in [1.165, 1.54) is 5.56 Å². The lowest BCUT2D eigenvalue weighted by molar-refractivity contribution is -0.136. The number of likely N-dealkylation sites (tertiary alicyclic amines) is 1. The minimum atomic E-state index is 0.313. The third kappa shape index (κ3) is 4.30. The molecule has 0 spiro atoms. The number of rotatable bonds is 6. The number of hydrogen-bond donors (Lipinski definition) is 0. The Kier molecular flexibility index (Phi) is 5.39. The first-order valence-corrected chi connectivity index (χ1v) is 7.99. The summed E-state index contributed by atoms with van der Waals surface area (Å²) in [5, 5.41) is 4.32. The van der Waals surface area contributed by atoms with Crippen LogP contribution in [0, 0.1) is 5.92 Å². The highest BCUT2D eigenvalue weighted by atomic mass is 16.2. The van der Waals surface area contributed by atoms with Crippen molar-refractivity contribution in [2.24, 2.45) is 5.92 Å². The lowest BCUT2D eigenvalue weighted by atomic mass is 9.96. The predicted octanol–water partition coefficient (Wildman–Crippen LogP) is 1.98. The van der Waals surface area contributed by atoms with Crippen molar-refractivity contribution in [3.05, 3.63) is 18.0 Å². The maximum Gasteiger partial charge on any atom is 0.222 e. The molecule has 2 heterocycles. The zero-order valence-electron chi connectivity index (χ0n) is 13.7. The van der Waals surface area contributed by atoms with E-state index in [0.717, 1.165) is 32.6 Å². The monoisotopic (exact) mass is 292 g/mol. The van der Waals surface area contributed by atoms with Crippen molar-refractivity contribution in [2.75, 3.05) is 20.1 Å². The molecule has 1 amide bonds. The van der Waals surface area contributed by atoms with Gasteiger partial charge in [-0.2, -0.15) is 5.10 Å². The van der Waals surface area contributed by atoms with E-state index in [4.69, 9.17) is 0 Å². The molecular formula is C16H28N4O. The molecule has 0 bridgehead atoms. The van der Waals surface area contributed by atoms with Crippen LogP contribution in [-0.2, 0) is 17.9 Å². The van der Waals surface area contributed by atoms with Crippen molar-refractivity contribution in [3.8, 4) is 0 Å².